The maximum Gasteiger partial charge on any atom is 0.0733 e. The van der Waals surface area contributed by atoms with E-state index in [0.29, 0.717) is 5.92 Å². The number of halogens is 1. The van der Waals surface area contributed by atoms with Gasteiger partial charge in [0.05, 0.1) is 12.1 Å². The predicted octanol–water partition coefficient (Wildman–Crippen LogP) is 4.80. The topological polar surface area (TPSA) is 46.2 Å². The number of benzene rings is 1. The first-order valence-corrected chi connectivity index (χ1v) is 8.24. The average molecular weight is 332 g/mol. The lowest BCUT2D eigenvalue weighted by molar-refractivity contribution is 0.127. The Kier molecular flexibility index (Phi) is 8.94. The predicted molar refractivity (Wildman–Crippen MR) is 96.3 cm³/mol. The normalized spacial score (nSPS) is 14.7. The second kappa shape index (κ2) is 9.04. The summed E-state index contributed by atoms with van der Waals surface area (Å²) in [6.45, 7) is 10.9. The summed E-state index contributed by atoms with van der Waals surface area (Å²) in [5.41, 5.74) is 7.34. The molecule has 1 aromatic rings. The fraction of sp³-hybridized carbons (Fsp3) is 0.647. The molecule has 1 rings (SSSR count). The van der Waals surface area contributed by atoms with Gasteiger partial charge in [0.2, 0.25) is 0 Å². The van der Waals surface area contributed by atoms with Gasteiger partial charge < -0.3 is 10.8 Å². The lowest BCUT2D eigenvalue weighted by atomic mass is 9.96. The summed E-state index contributed by atoms with van der Waals surface area (Å²) in [6, 6.07) is 7.86. The summed E-state index contributed by atoms with van der Waals surface area (Å²) < 4.78 is 0.138. The van der Waals surface area contributed by atoms with E-state index in [4.69, 9.17) is 5.73 Å². The van der Waals surface area contributed by atoms with Crippen LogP contribution in [0, 0.1) is 5.92 Å². The zero-order valence-electron chi connectivity index (χ0n) is 13.8. The Hall–Kier alpha value is -0.220. The average Bonchev–Trinajstić information content (AvgIpc) is 2.33. The summed E-state index contributed by atoms with van der Waals surface area (Å²) in [5.74, 6) is 0.594. The van der Waals surface area contributed by atoms with Crippen molar-refractivity contribution in [1.82, 2.24) is 0 Å². The lowest BCUT2D eigenvalue weighted by Gasteiger charge is -2.25. The molecule has 21 heavy (non-hydrogen) atoms. The molecule has 0 spiro atoms. The minimum absolute atomic E-state index is 0. The minimum Gasteiger partial charge on any atom is -0.391 e. The first-order valence-electron chi connectivity index (χ1n) is 7.42. The van der Waals surface area contributed by atoms with Crippen molar-refractivity contribution >= 4 is 24.2 Å². The van der Waals surface area contributed by atoms with Crippen molar-refractivity contribution in [2.24, 2.45) is 11.7 Å². The molecule has 0 aliphatic rings. The summed E-state index contributed by atoms with van der Waals surface area (Å²) in [4.78, 5) is 1.18. The van der Waals surface area contributed by atoms with Gasteiger partial charge in [-0.3, -0.25) is 0 Å². The molecular formula is C17H30ClNOS. The summed E-state index contributed by atoms with van der Waals surface area (Å²) >= 11 is 1.81. The number of aliphatic hydroxyl groups is 1. The fourth-order valence-electron chi connectivity index (χ4n) is 2.07. The van der Waals surface area contributed by atoms with Crippen molar-refractivity contribution < 1.29 is 5.11 Å². The van der Waals surface area contributed by atoms with E-state index in [1.54, 1.807) is 11.8 Å². The van der Waals surface area contributed by atoms with Gasteiger partial charge in [-0.15, -0.1) is 24.2 Å². The number of rotatable bonds is 6. The van der Waals surface area contributed by atoms with E-state index in [1.807, 2.05) is 18.2 Å². The van der Waals surface area contributed by atoms with E-state index in [0.717, 1.165) is 18.4 Å². The Bertz CT molecular complexity index is 417. The molecule has 0 aromatic heterocycles. The van der Waals surface area contributed by atoms with E-state index in [-0.39, 0.29) is 23.2 Å². The van der Waals surface area contributed by atoms with E-state index in [1.165, 1.54) is 4.90 Å². The van der Waals surface area contributed by atoms with Gasteiger partial charge in [-0.25, -0.2) is 0 Å². The van der Waals surface area contributed by atoms with Crippen LogP contribution in [0.2, 0.25) is 0 Å². The van der Waals surface area contributed by atoms with E-state index < -0.39 is 6.10 Å². The molecule has 0 saturated carbocycles. The number of hydrogen-bond donors (Lipinski definition) is 2. The Morgan fingerprint density at radius 2 is 1.71 bits per heavy atom. The molecule has 4 heteroatoms. The molecular weight excluding hydrogens is 302 g/mol. The van der Waals surface area contributed by atoms with E-state index in [2.05, 4.69) is 40.7 Å². The number of aliphatic hydroxyl groups excluding tert-OH is 1. The Morgan fingerprint density at radius 3 is 2.24 bits per heavy atom. The quantitative estimate of drug-likeness (QED) is 0.736. The molecule has 122 valence electrons. The van der Waals surface area contributed by atoms with Crippen LogP contribution in [0.25, 0.3) is 0 Å². The van der Waals surface area contributed by atoms with Gasteiger partial charge in [0.25, 0.3) is 0 Å². The first kappa shape index (κ1) is 20.8. The highest BCUT2D eigenvalue weighted by atomic mass is 35.5. The molecule has 0 radical (unpaired) electrons. The molecule has 0 fully saturated rings. The van der Waals surface area contributed by atoms with E-state index in [9.17, 15) is 5.11 Å². The van der Waals surface area contributed by atoms with Gasteiger partial charge in [0.15, 0.2) is 0 Å². The highest BCUT2D eigenvalue weighted by molar-refractivity contribution is 8.00. The van der Waals surface area contributed by atoms with Crippen LogP contribution in [0.1, 0.15) is 59.1 Å². The molecule has 0 aliphatic carbocycles. The molecule has 0 saturated heterocycles. The van der Waals surface area contributed by atoms with Crippen LogP contribution in [-0.2, 0) is 0 Å². The van der Waals surface area contributed by atoms with Crippen LogP contribution in [0.3, 0.4) is 0 Å². The fourth-order valence-corrected chi connectivity index (χ4v) is 3.20. The van der Waals surface area contributed by atoms with Crippen molar-refractivity contribution in [3.05, 3.63) is 29.8 Å². The van der Waals surface area contributed by atoms with Gasteiger partial charge in [-0.1, -0.05) is 52.8 Å². The van der Waals surface area contributed by atoms with Crippen LogP contribution in [0.5, 0.6) is 0 Å². The third-order valence-electron chi connectivity index (χ3n) is 3.15. The summed E-state index contributed by atoms with van der Waals surface area (Å²) in [6.07, 6.45) is 1.29. The van der Waals surface area contributed by atoms with E-state index >= 15 is 0 Å². The van der Waals surface area contributed by atoms with Gasteiger partial charge in [-0.05, 0) is 30.4 Å². The van der Waals surface area contributed by atoms with Crippen LogP contribution in [-0.4, -0.2) is 16.0 Å². The zero-order chi connectivity index (χ0) is 15.3. The Balaban J connectivity index is 0.00000400. The maximum absolute atomic E-state index is 10.3. The molecule has 1 aromatic carbocycles. The molecule has 0 unspecified atom stereocenters. The maximum atomic E-state index is 10.3. The third-order valence-corrected chi connectivity index (χ3v) is 4.35. The smallest absolute Gasteiger partial charge is 0.0733 e. The highest BCUT2D eigenvalue weighted by Gasteiger charge is 2.22. The monoisotopic (exact) mass is 331 g/mol. The van der Waals surface area contributed by atoms with Crippen LogP contribution in [0.4, 0.5) is 0 Å². The third kappa shape index (κ3) is 7.55. The molecule has 0 amide bonds. The van der Waals surface area contributed by atoms with Crippen molar-refractivity contribution in [3.8, 4) is 0 Å². The van der Waals surface area contributed by atoms with Crippen LogP contribution >= 0.6 is 24.2 Å². The number of thioether (sulfide) groups is 1. The largest absolute Gasteiger partial charge is 0.391 e. The minimum atomic E-state index is -0.473. The summed E-state index contributed by atoms with van der Waals surface area (Å²) in [5, 5.41) is 10.3. The van der Waals surface area contributed by atoms with Crippen LogP contribution < -0.4 is 5.73 Å². The van der Waals surface area contributed by atoms with Gasteiger partial charge in [0.1, 0.15) is 0 Å². The summed E-state index contributed by atoms with van der Waals surface area (Å²) in [7, 11) is 0. The van der Waals surface area contributed by atoms with Gasteiger partial charge in [-0.2, -0.15) is 0 Å². The van der Waals surface area contributed by atoms with Crippen molar-refractivity contribution in [3.63, 3.8) is 0 Å². The first-order chi connectivity index (χ1) is 9.20. The molecule has 2 atom stereocenters. The number of nitrogens with two attached hydrogens (primary N) is 1. The molecule has 3 N–H and O–H groups in total. The van der Waals surface area contributed by atoms with Crippen molar-refractivity contribution in [2.75, 3.05) is 0 Å². The van der Waals surface area contributed by atoms with Crippen molar-refractivity contribution in [2.45, 2.75) is 69.2 Å². The molecule has 2 nitrogen and oxygen atoms in total. The zero-order valence-corrected chi connectivity index (χ0v) is 15.4. The molecule has 0 bridgehead atoms. The Labute approximate surface area is 140 Å². The van der Waals surface area contributed by atoms with Gasteiger partial charge in [0, 0.05) is 9.64 Å². The second-order valence-electron chi connectivity index (χ2n) is 6.82. The number of hydrogen-bond acceptors (Lipinski definition) is 3. The molecule has 0 heterocycles. The lowest BCUT2D eigenvalue weighted by Crippen LogP contribution is -2.27. The Morgan fingerprint density at radius 1 is 1.14 bits per heavy atom. The second-order valence-corrected chi connectivity index (χ2v) is 8.69. The molecule has 0 aliphatic heterocycles. The van der Waals surface area contributed by atoms with Crippen molar-refractivity contribution in [1.29, 1.82) is 0 Å². The highest BCUT2D eigenvalue weighted by Crippen LogP contribution is 2.36. The standard InChI is InChI=1S/C17H29NOS.ClH/c1-12(2)10-11-14(19)16(18)13-8-6-7-9-15(13)20-17(3,4)5;/h6-9,12,14,16,19H,10-11,18H2,1-5H3;1H/t14-,16+;/m1./s1. The van der Waals surface area contributed by atoms with Crippen LogP contribution in [0.15, 0.2) is 29.2 Å². The SMILES string of the molecule is CC(C)CC[C@@H](O)[C@@H](N)c1ccccc1SC(C)(C)C.Cl. The van der Waals surface area contributed by atoms with Gasteiger partial charge >= 0.3 is 0 Å².